The van der Waals surface area contributed by atoms with Crippen molar-refractivity contribution in [3.63, 3.8) is 0 Å². The number of benzene rings is 1. The standard InChI is InChI=1S/C18H19ClN2O3/c19-14-6-4-13(5-7-14)17(16-3-1-2-10-20-16)24-15-8-11-21(12-9-15)18(22)23/h1-7,10,15,17H,8-9,11-12H2,(H,22,23). The van der Waals surface area contributed by atoms with Gasteiger partial charge in [-0.3, -0.25) is 4.98 Å². The SMILES string of the molecule is O=C(O)N1CCC(OC(c2ccc(Cl)cc2)c2ccccn2)CC1. The molecule has 3 rings (SSSR count). The Morgan fingerprint density at radius 2 is 1.92 bits per heavy atom. The normalized spacial score (nSPS) is 16.8. The number of nitrogens with zero attached hydrogens (tertiary/aromatic N) is 2. The highest BCUT2D eigenvalue weighted by molar-refractivity contribution is 6.30. The fourth-order valence-electron chi connectivity index (χ4n) is 2.86. The molecule has 6 heteroatoms. The van der Waals surface area contributed by atoms with Gasteiger partial charge in [-0.1, -0.05) is 29.8 Å². The number of ether oxygens (including phenoxy) is 1. The quantitative estimate of drug-likeness (QED) is 0.909. The van der Waals surface area contributed by atoms with Gasteiger partial charge in [-0.05, 0) is 42.7 Å². The minimum atomic E-state index is -0.868. The van der Waals surface area contributed by atoms with Gasteiger partial charge in [0.15, 0.2) is 0 Å². The average molecular weight is 347 g/mol. The van der Waals surface area contributed by atoms with Gasteiger partial charge >= 0.3 is 6.09 Å². The summed E-state index contributed by atoms with van der Waals surface area (Å²) in [6, 6.07) is 13.3. The van der Waals surface area contributed by atoms with E-state index in [2.05, 4.69) is 4.98 Å². The Labute approximate surface area is 145 Å². The lowest BCUT2D eigenvalue weighted by atomic mass is 10.0. The number of halogens is 1. The molecule has 1 atom stereocenters. The zero-order valence-corrected chi connectivity index (χ0v) is 13.9. The summed E-state index contributed by atoms with van der Waals surface area (Å²) >= 11 is 5.98. The fourth-order valence-corrected chi connectivity index (χ4v) is 2.99. The van der Waals surface area contributed by atoms with Crippen molar-refractivity contribution in [2.24, 2.45) is 0 Å². The first kappa shape index (κ1) is 16.7. The van der Waals surface area contributed by atoms with Crippen LogP contribution in [0.4, 0.5) is 4.79 Å². The first-order valence-corrected chi connectivity index (χ1v) is 8.31. The van der Waals surface area contributed by atoms with Crippen molar-refractivity contribution in [3.05, 3.63) is 64.9 Å². The maximum absolute atomic E-state index is 11.0. The Hall–Kier alpha value is -2.11. The Morgan fingerprint density at radius 3 is 2.50 bits per heavy atom. The van der Waals surface area contributed by atoms with Crippen LogP contribution in [0.3, 0.4) is 0 Å². The highest BCUT2D eigenvalue weighted by Crippen LogP contribution is 2.29. The van der Waals surface area contributed by atoms with Crippen LogP contribution in [0.25, 0.3) is 0 Å². The molecule has 0 aliphatic carbocycles. The third kappa shape index (κ3) is 4.04. The van der Waals surface area contributed by atoms with Crippen molar-refractivity contribution >= 4 is 17.7 Å². The largest absolute Gasteiger partial charge is 0.465 e. The molecule has 1 aromatic heterocycles. The third-order valence-electron chi connectivity index (χ3n) is 4.17. The summed E-state index contributed by atoms with van der Waals surface area (Å²) in [5, 5.41) is 9.73. The van der Waals surface area contributed by atoms with Crippen LogP contribution >= 0.6 is 11.6 Å². The van der Waals surface area contributed by atoms with E-state index in [1.54, 1.807) is 6.20 Å². The lowest BCUT2D eigenvalue weighted by molar-refractivity contribution is -0.0256. The number of hydrogen-bond donors (Lipinski definition) is 1. The van der Waals surface area contributed by atoms with Crippen molar-refractivity contribution < 1.29 is 14.6 Å². The predicted molar refractivity (Wildman–Crippen MR) is 91.2 cm³/mol. The van der Waals surface area contributed by atoms with Crippen molar-refractivity contribution in [3.8, 4) is 0 Å². The molecule has 2 aromatic rings. The molecule has 0 spiro atoms. The molecular weight excluding hydrogens is 328 g/mol. The van der Waals surface area contributed by atoms with E-state index in [0.717, 1.165) is 11.3 Å². The number of carboxylic acid groups (broad SMARTS) is 1. The Bertz CT molecular complexity index is 670. The number of aromatic nitrogens is 1. The van der Waals surface area contributed by atoms with Crippen molar-refractivity contribution in [1.29, 1.82) is 0 Å². The number of pyridine rings is 1. The van der Waals surface area contributed by atoms with E-state index in [1.807, 2.05) is 42.5 Å². The summed E-state index contributed by atoms with van der Waals surface area (Å²) < 4.78 is 6.31. The zero-order chi connectivity index (χ0) is 16.9. The molecule has 1 unspecified atom stereocenters. The summed E-state index contributed by atoms with van der Waals surface area (Å²) in [6.45, 7) is 0.991. The molecule has 1 saturated heterocycles. The molecule has 24 heavy (non-hydrogen) atoms. The second kappa shape index (κ2) is 7.64. The first-order chi connectivity index (χ1) is 11.6. The van der Waals surface area contributed by atoms with E-state index in [1.165, 1.54) is 4.90 Å². The smallest absolute Gasteiger partial charge is 0.407 e. The lowest BCUT2D eigenvalue weighted by Gasteiger charge is -2.32. The Morgan fingerprint density at radius 1 is 1.21 bits per heavy atom. The molecule has 126 valence electrons. The van der Waals surface area contributed by atoms with E-state index >= 15 is 0 Å². The van der Waals surface area contributed by atoms with Crippen LogP contribution < -0.4 is 0 Å². The summed E-state index contributed by atoms with van der Waals surface area (Å²) in [4.78, 5) is 16.9. The van der Waals surface area contributed by atoms with Gasteiger partial charge in [0.1, 0.15) is 6.10 Å². The van der Waals surface area contributed by atoms with Crippen molar-refractivity contribution in [1.82, 2.24) is 9.88 Å². The molecule has 1 aliphatic heterocycles. The topological polar surface area (TPSA) is 62.7 Å². The highest BCUT2D eigenvalue weighted by atomic mass is 35.5. The highest BCUT2D eigenvalue weighted by Gasteiger charge is 2.27. The van der Waals surface area contributed by atoms with E-state index < -0.39 is 6.09 Å². The van der Waals surface area contributed by atoms with Crippen LogP contribution in [0, 0.1) is 0 Å². The monoisotopic (exact) mass is 346 g/mol. The fraction of sp³-hybridized carbons (Fsp3) is 0.333. The summed E-state index contributed by atoms with van der Waals surface area (Å²) in [6.07, 6.45) is 1.96. The maximum atomic E-state index is 11.0. The van der Waals surface area contributed by atoms with Crippen molar-refractivity contribution in [2.75, 3.05) is 13.1 Å². The summed E-state index contributed by atoms with van der Waals surface area (Å²) in [5.41, 5.74) is 1.82. The van der Waals surface area contributed by atoms with Gasteiger partial charge < -0.3 is 14.7 Å². The molecule has 1 aliphatic rings. The van der Waals surface area contributed by atoms with E-state index in [9.17, 15) is 4.79 Å². The number of piperidine rings is 1. The van der Waals surface area contributed by atoms with Gasteiger partial charge in [-0.2, -0.15) is 0 Å². The maximum Gasteiger partial charge on any atom is 0.407 e. The van der Waals surface area contributed by atoms with Gasteiger partial charge in [0, 0.05) is 24.3 Å². The number of amides is 1. The van der Waals surface area contributed by atoms with Gasteiger partial charge in [0.05, 0.1) is 11.8 Å². The predicted octanol–water partition coefficient (Wildman–Crippen LogP) is 3.98. The minimum Gasteiger partial charge on any atom is -0.465 e. The van der Waals surface area contributed by atoms with Gasteiger partial charge in [0.25, 0.3) is 0 Å². The lowest BCUT2D eigenvalue weighted by Crippen LogP contribution is -2.40. The van der Waals surface area contributed by atoms with Gasteiger partial charge in [-0.25, -0.2) is 4.79 Å². The molecule has 0 bridgehead atoms. The Balaban J connectivity index is 1.76. The molecule has 0 saturated carbocycles. The second-order valence-electron chi connectivity index (χ2n) is 5.79. The molecule has 2 heterocycles. The van der Waals surface area contributed by atoms with Gasteiger partial charge in [-0.15, -0.1) is 0 Å². The molecular formula is C18H19ClN2O3. The van der Waals surface area contributed by atoms with E-state index in [-0.39, 0.29) is 12.2 Å². The number of rotatable bonds is 4. The zero-order valence-electron chi connectivity index (χ0n) is 13.1. The molecule has 1 aromatic carbocycles. The number of carbonyl (C=O) groups is 1. The van der Waals surface area contributed by atoms with Crippen LogP contribution in [0.2, 0.25) is 5.02 Å². The molecule has 1 amide bonds. The Kier molecular flexibility index (Phi) is 5.33. The van der Waals surface area contributed by atoms with Crippen LogP contribution in [0.5, 0.6) is 0 Å². The molecule has 5 nitrogen and oxygen atoms in total. The van der Waals surface area contributed by atoms with Crippen LogP contribution in [-0.4, -0.2) is 40.3 Å². The second-order valence-corrected chi connectivity index (χ2v) is 6.23. The van der Waals surface area contributed by atoms with E-state index in [4.69, 9.17) is 21.4 Å². The van der Waals surface area contributed by atoms with Crippen LogP contribution in [-0.2, 0) is 4.74 Å². The minimum absolute atomic E-state index is 0.00304. The van der Waals surface area contributed by atoms with Crippen LogP contribution in [0.1, 0.15) is 30.2 Å². The van der Waals surface area contributed by atoms with Crippen molar-refractivity contribution in [2.45, 2.75) is 25.0 Å². The molecule has 1 N–H and O–H groups in total. The first-order valence-electron chi connectivity index (χ1n) is 7.93. The number of likely N-dealkylation sites (tertiary alicyclic amines) is 1. The number of hydrogen-bond acceptors (Lipinski definition) is 3. The molecule has 0 radical (unpaired) electrons. The summed E-state index contributed by atoms with van der Waals surface area (Å²) in [5.74, 6) is 0. The van der Waals surface area contributed by atoms with Gasteiger partial charge in [0.2, 0.25) is 0 Å². The van der Waals surface area contributed by atoms with E-state index in [0.29, 0.717) is 31.0 Å². The third-order valence-corrected chi connectivity index (χ3v) is 4.42. The summed E-state index contributed by atoms with van der Waals surface area (Å²) in [7, 11) is 0. The van der Waals surface area contributed by atoms with Crippen LogP contribution in [0.15, 0.2) is 48.7 Å². The molecule has 1 fully saturated rings. The average Bonchev–Trinajstić information content (AvgIpc) is 2.62.